The SMILES string of the molecule is CCCCCCCCSc1cc2c3c(cccc3c1)C(=O)N(OS(=O)(=O)c1ccc(C)cc1)C2=O.CCCCCCCCSc1ccc2c3c(cccc13)C(=O)N(OS(=O)(=O)c1ccccc1)C2=O.CCOCCOCCSc1ccc2c3c(cccc13)C(=O)N(OS(=O)(=O)c1ccc(C)cc1)C2=O. The molecule has 0 aliphatic carbocycles. The highest BCUT2D eigenvalue weighted by atomic mass is 32.2. The number of amides is 6. The van der Waals surface area contributed by atoms with Gasteiger partial charge in [-0.25, -0.2) is 0 Å². The molecule has 0 unspecified atom stereocenters. The zero-order valence-corrected chi connectivity index (χ0v) is 63.2. The molecular weight excluding hydrogens is 1440 g/mol. The molecule has 0 bridgehead atoms. The Morgan fingerprint density at radius 2 is 0.721 bits per heavy atom. The van der Waals surface area contributed by atoms with Crippen molar-refractivity contribution in [1.82, 2.24) is 15.2 Å². The van der Waals surface area contributed by atoms with Crippen molar-refractivity contribution in [3.63, 3.8) is 0 Å². The highest BCUT2D eigenvalue weighted by Gasteiger charge is 2.41. The van der Waals surface area contributed by atoms with Crippen LogP contribution in [-0.2, 0) is 52.7 Å². The average molecular weight is 1520 g/mol. The van der Waals surface area contributed by atoms with Gasteiger partial charge in [0.1, 0.15) is 0 Å². The van der Waals surface area contributed by atoms with Crippen LogP contribution in [0, 0.1) is 13.8 Å². The molecule has 9 aromatic rings. The Bertz CT molecular complexity index is 4960. The number of imide groups is 3. The third-order valence-corrected chi connectivity index (χ3v) is 24.0. The van der Waals surface area contributed by atoms with Crippen LogP contribution in [0.15, 0.2) is 199 Å². The van der Waals surface area contributed by atoms with E-state index < -0.39 is 65.8 Å². The van der Waals surface area contributed by atoms with Crippen molar-refractivity contribution in [2.24, 2.45) is 0 Å². The smallest absolute Gasteiger partial charge is 0.318 e. The van der Waals surface area contributed by atoms with E-state index in [0.29, 0.717) is 63.5 Å². The van der Waals surface area contributed by atoms with Crippen LogP contribution in [0.5, 0.6) is 0 Å². The van der Waals surface area contributed by atoms with Crippen LogP contribution in [0.2, 0.25) is 0 Å². The molecule has 12 rings (SSSR count). The summed E-state index contributed by atoms with van der Waals surface area (Å²) >= 11 is 4.92. The number of aryl methyl sites for hydroxylation is 2. The Labute approximate surface area is 619 Å². The van der Waals surface area contributed by atoms with Crippen LogP contribution < -0.4 is 0 Å². The van der Waals surface area contributed by atoms with E-state index in [0.717, 1.165) is 66.3 Å². The standard InChI is InChI=1S/C27H29NO5S2.C26H27NO5S2.C25H25NO7S2/c1-3-4-5-6-7-8-16-34-21-17-20-10-9-11-23-25(20)24(18-21)27(30)28(26(23)29)33-35(31,32)22-14-12-19(2)13-15-22;1-2-3-4-5-6-10-18-33-23-17-16-22-24-20(23)14-11-15-21(24)25(28)27(26(22)29)32-34(30,31)19-12-8-7-9-13-19;1-3-31-13-14-32-15-16-34-22-12-11-21-23-19(22)5-4-6-20(23)24(27)26(25(21)28)33-35(29,30)18-9-7-17(2)8-10-18/h9-15,17-18H,3-8,16H2,1-2H3;7-9,11-17H,2-6,10,18H2,1H3;4-12H,3,13-16H2,1-2H3. The van der Waals surface area contributed by atoms with Crippen LogP contribution in [0.4, 0.5) is 0 Å². The van der Waals surface area contributed by atoms with Crippen molar-refractivity contribution < 1.29 is 76.3 Å². The van der Waals surface area contributed by atoms with Crippen LogP contribution in [0.25, 0.3) is 32.3 Å². The molecule has 3 aliphatic rings. The molecule has 3 heterocycles. The minimum Gasteiger partial charge on any atom is -0.379 e. The predicted octanol–water partition coefficient (Wildman–Crippen LogP) is 16.9. The lowest BCUT2D eigenvalue weighted by Gasteiger charge is -2.26. The Morgan fingerprint density at radius 3 is 1.18 bits per heavy atom. The molecule has 546 valence electrons. The molecule has 0 N–H and O–H groups in total. The number of carbonyl (C=O) groups excluding carboxylic acids is 6. The van der Waals surface area contributed by atoms with Crippen LogP contribution >= 0.6 is 35.3 Å². The summed E-state index contributed by atoms with van der Waals surface area (Å²) < 4.78 is 102. The van der Waals surface area contributed by atoms with E-state index >= 15 is 0 Å². The van der Waals surface area contributed by atoms with Crippen molar-refractivity contribution in [3.8, 4) is 0 Å². The normalized spacial score (nSPS) is 13.6. The predicted molar refractivity (Wildman–Crippen MR) is 403 cm³/mol. The second-order valence-electron chi connectivity index (χ2n) is 24.7. The molecule has 3 aliphatic heterocycles. The van der Waals surface area contributed by atoms with Gasteiger partial charge in [-0.1, -0.05) is 168 Å². The van der Waals surface area contributed by atoms with Gasteiger partial charge in [0, 0.05) is 43.2 Å². The van der Waals surface area contributed by atoms with Crippen LogP contribution in [-0.4, -0.2) is 120 Å². The van der Waals surface area contributed by atoms with Gasteiger partial charge < -0.3 is 9.47 Å². The molecule has 0 aromatic heterocycles. The Kier molecular flexibility index (Phi) is 27.4. The maximum Gasteiger partial charge on any atom is 0.318 e. The number of thioether (sulfide) groups is 3. The maximum atomic E-state index is 13.3. The molecule has 20 nitrogen and oxygen atoms in total. The van der Waals surface area contributed by atoms with Crippen molar-refractivity contribution in [2.45, 2.75) is 141 Å². The van der Waals surface area contributed by atoms with Gasteiger partial charge in [-0.3, -0.25) is 28.8 Å². The van der Waals surface area contributed by atoms with Gasteiger partial charge in [-0.05, 0) is 152 Å². The van der Waals surface area contributed by atoms with Gasteiger partial charge >= 0.3 is 30.4 Å². The number of hydrogen-bond acceptors (Lipinski definition) is 20. The molecule has 104 heavy (non-hydrogen) atoms. The highest BCUT2D eigenvalue weighted by Crippen LogP contribution is 2.40. The average Bonchev–Trinajstić information content (AvgIpc) is 0.409. The molecule has 26 heteroatoms. The second kappa shape index (κ2) is 36.3. The zero-order chi connectivity index (χ0) is 74.1. The summed E-state index contributed by atoms with van der Waals surface area (Å²) in [4.78, 5) is 81.3. The Morgan fingerprint density at radius 1 is 0.337 bits per heavy atom. The summed E-state index contributed by atoms with van der Waals surface area (Å²) in [5, 5.41) is 4.93. The number of unbranched alkanes of at least 4 members (excludes halogenated alkanes) is 10. The first-order chi connectivity index (χ1) is 50.1. The number of carbonyl (C=O) groups is 6. The van der Waals surface area contributed by atoms with Gasteiger partial charge in [0.15, 0.2) is 0 Å². The minimum absolute atomic E-state index is 0.129. The lowest BCUT2D eigenvalue weighted by Crippen LogP contribution is -2.41. The maximum absolute atomic E-state index is 13.3. The van der Waals surface area contributed by atoms with Crippen molar-refractivity contribution in [2.75, 3.05) is 43.7 Å². The molecule has 0 spiro atoms. The van der Waals surface area contributed by atoms with E-state index in [9.17, 15) is 54.0 Å². The molecule has 0 fully saturated rings. The lowest BCUT2D eigenvalue weighted by molar-refractivity contribution is -0.0159. The van der Waals surface area contributed by atoms with Gasteiger partial charge in [-0.2, -0.15) is 25.3 Å². The first-order valence-electron chi connectivity index (χ1n) is 34.5. The van der Waals surface area contributed by atoms with Crippen molar-refractivity contribution in [3.05, 3.63) is 214 Å². The third-order valence-electron chi connectivity index (χ3n) is 17.2. The fraction of sp³-hybridized carbons (Fsp3) is 0.308. The molecule has 9 aromatic carbocycles. The summed E-state index contributed by atoms with van der Waals surface area (Å²) in [6.07, 6.45) is 14.5. The summed E-state index contributed by atoms with van der Waals surface area (Å²) in [6.45, 7) is 12.2. The number of ether oxygens (including phenoxy) is 2. The monoisotopic (exact) mass is 1520 g/mol. The van der Waals surface area contributed by atoms with Crippen LogP contribution in [0.3, 0.4) is 0 Å². The molecule has 0 saturated heterocycles. The molecular formula is C78H81N3O17S6. The number of hydrogen-bond donors (Lipinski definition) is 0. The van der Waals surface area contributed by atoms with Gasteiger partial charge in [0.2, 0.25) is 0 Å². The first-order valence-corrected chi connectivity index (χ1v) is 41.7. The summed E-state index contributed by atoms with van der Waals surface area (Å²) in [6, 6.07) is 45.5. The lowest BCUT2D eigenvalue weighted by atomic mass is 9.95. The second-order valence-corrected chi connectivity index (χ2v) is 32.7. The third kappa shape index (κ3) is 18.7. The van der Waals surface area contributed by atoms with E-state index in [-0.39, 0.29) is 48.1 Å². The quantitative estimate of drug-likeness (QED) is 0.0210. The van der Waals surface area contributed by atoms with Gasteiger partial charge in [0.05, 0.1) is 67.9 Å². The number of hydroxylamine groups is 6. The fourth-order valence-corrected chi connectivity index (χ4v) is 17.5. The Hall–Kier alpha value is -8.12. The van der Waals surface area contributed by atoms with Crippen molar-refractivity contribution in [1.29, 1.82) is 0 Å². The van der Waals surface area contributed by atoms with Gasteiger partial charge in [-0.15, -0.1) is 63.3 Å². The molecule has 0 radical (unpaired) electrons. The summed E-state index contributed by atoms with van der Waals surface area (Å²) in [5.41, 5.74) is 3.14. The fourth-order valence-electron chi connectivity index (χ4n) is 11.8. The van der Waals surface area contributed by atoms with E-state index in [2.05, 4.69) is 13.8 Å². The zero-order valence-electron chi connectivity index (χ0n) is 58.3. The van der Waals surface area contributed by atoms with E-state index in [1.54, 1.807) is 126 Å². The Balaban J connectivity index is 0.000000167. The largest absolute Gasteiger partial charge is 0.379 e. The number of nitrogens with zero attached hydrogens (tertiary/aromatic N) is 3. The minimum atomic E-state index is -4.39. The van der Waals surface area contributed by atoms with E-state index in [1.165, 1.54) is 113 Å². The number of benzene rings is 9. The summed E-state index contributed by atoms with van der Waals surface area (Å²) in [7, 11) is -13.1. The van der Waals surface area contributed by atoms with Gasteiger partial charge in [0.25, 0.3) is 35.4 Å². The summed E-state index contributed by atoms with van der Waals surface area (Å²) in [5.74, 6) is -2.26. The topological polar surface area (TPSA) is 261 Å². The molecule has 6 amide bonds. The van der Waals surface area contributed by atoms with E-state index in [4.69, 9.17) is 22.3 Å². The first kappa shape index (κ1) is 78.5. The highest BCUT2D eigenvalue weighted by molar-refractivity contribution is 8.00. The van der Waals surface area contributed by atoms with E-state index in [1.807, 2.05) is 51.1 Å². The number of rotatable bonds is 33. The molecule has 0 saturated carbocycles. The van der Waals surface area contributed by atoms with Crippen LogP contribution in [0.1, 0.15) is 171 Å². The molecule has 0 atom stereocenters. The van der Waals surface area contributed by atoms with Crippen molar-refractivity contribution >= 4 is 133 Å².